The van der Waals surface area contributed by atoms with Crippen LogP contribution in [0.4, 0.5) is 5.82 Å². The van der Waals surface area contributed by atoms with E-state index in [1.165, 1.54) is 16.9 Å². The number of nitrogens with zero attached hydrogens (tertiary/aromatic N) is 3. The van der Waals surface area contributed by atoms with Gasteiger partial charge in [-0.3, -0.25) is 9.40 Å². The third kappa shape index (κ3) is 2.66. The topological polar surface area (TPSA) is 103 Å². The molecule has 0 amide bonds. The van der Waals surface area contributed by atoms with Crippen LogP contribution in [-0.2, 0) is 23.6 Å². The van der Waals surface area contributed by atoms with E-state index in [-0.39, 0.29) is 10.8 Å². The fourth-order valence-electron chi connectivity index (χ4n) is 1.35. The predicted octanol–water partition coefficient (Wildman–Crippen LogP) is 0.0746. The third-order valence-electron chi connectivity index (χ3n) is 2.26. The molecular weight excluding hydrogens is 254 g/mol. The molecule has 0 aromatic carbocycles. The summed E-state index contributed by atoms with van der Waals surface area (Å²) in [4.78, 5) is 3.86. The van der Waals surface area contributed by atoms with E-state index in [0.717, 1.165) is 5.56 Å². The van der Waals surface area contributed by atoms with Gasteiger partial charge in [-0.2, -0.15) is 13.5 Å². The molecule has 3 N–H and O–H groups in total. The van der Waals surface area contributed by atoms with E-state index in [1.807, 2.05) is 0 Å². The number of nitrogens with two attached hydrogens (primary N) is 1. The molecule has 0 unspecified atom stereocenters. The normalized spacial score (nSPS) is 11.4. The second-order valence-electron chi connectivity index (χ2n) is 3.69. The number of sulfonamides is 1. The number of nitrogens with one attached hydrogen (secondary N) is 1. The second kappa shape index (κ2) is 4.75. The lowest BCUT2D eigenvalue weighted by Crippen LogP contribution is -2.15. The maximum absolute atomic E-state index is 12.0. The van der Waals surface area contributed by atoms with Crippen LogP contribution < -0.4 is 10.5 Å². The maximum atomic E-state index is 12.0. The molecule has 2 aromatic heterocycles. The highest BCUT2D eigenvalue weighted by Gasteiger charge is 2.16. The van der Waals surface area contributed by atoms with Gasteiger partial charge >= 0.3 is 0 Å². The fraction of sp³-hybridized carbons (Fsp3) is 0.200. The zero-order valence-corrected chi connectivity index (χ0v) is 10.6. The molecule has 0 spiro atoms. The SMILES string of the molecule is Cn1ccc(NS(=O)(=O)c2ccc(CN)cn2)n1. The molecule has 0 saturated carbocycles. The first kappa shape index (κ1) is 12.5. The first-order chi connectivity index (χ1) is 8.51. The molecule has 0 bridgehead atoms. The molecule has 0 aliphatic heterocycles. The van der Waals surface area contributed by atoms with Crippen LogP contribution in [0, 0.1) is 0 Å². The first-order valence-electron chi connectivity index (χ1n) is 5.19. The Morgan fingerprint density at radius 3 is 2.67 bits per heavy atom. The summed E-state index contributed by atoms with van der Waals surface area (Å²) in [5, 5.41) is 3.87. The molecule has 0 atom stereocenters. The van der Waals surface area contributed by atoms with Crippen molar-refractivity contribution in [3.05, 3.63) is 36.2 Å². The molecule has 0 fully saturated rings. The van der Waals surface area contributed by atoms with Crippen molar-refractivity contribution in [2.45, 2.75) is 11.6 Å². The molecule has 96 valence electrons. The molecule has 7 nitrogen and oxygen atoms in total. The number of aryl methyl sites for hydroxylation is 1. The van der Waals surface area contributed by atoms with Crippen LogP contribution in [-0.4, -0.2) is 23.2 Å². The monoisotopic (exact) mass is 267 g/mol. The van der Waals surface area contributed by atoms with Gasteiger partial charge in [0.2, 0.25) is 0 Å². The van der Waals surface area contributed by atoms with E-state index in [0.29, 0.717) is 6.54 Å². The molecule has 0 radical (unpaired) electrons. The Balaban J connectivity index is 2.24. The van der Waals surface area contributed by atoms with Crippen molar-refractivity contribution in [2.75, 3.05) is 4.72 Å². The summed E-state index contributed by atoms with van der Waals surface area (Å²) in [6, 6.07) is 4.60. The molecule has 0 saturated heterocycles. The highest BCUT2D eigenvalue weighted by molar-refractivity contribution is 7.92. The molecule has 2 rings (SSSR count). The molecule has 0 aliphatic rings. The number of hydrogen-bond donors (Lipinski definition) is 2. The van der Waals surface area contributed by atoms with Gasteiger partial charge in [-0.15, -0.1) is 0 Å². The lowest BCUT2D eigenvalue weighted by atomic mass is 10.3. The number of anilines is 1. The minimum Gasteiger partial charge on any atom is -0.326 e. The predicted molar refractivity (Wildman–Crippen MR) is 66.1 cm³/mol. The molecular formula is C10H13N5O2S. The highest BCUT2D eigenvalue weighted by atomic mass is 32.2. The minimum atomic E-state index is -3.70. The zero-order chi connectivity index (χ0) is 13.2. The van der Waals surface area contributed by atoms with Crippen molar-refractivity contribution in [1.29, 1.82) is 0 Å². The fourth-order valence-corrected chi connectivity index (χ4v) is 2.28. The molecule has 8 heteroatoms. The Hall–Kier alpha value is -1.93. The average Bonchev–Trinajstić information content (AvgIpc) is 2.74. The third-order valence-corrected chi connectivity index (χ3v) is 3.53. The zero-order valence-electron chi connectivity index (χ0n) is 9.74. The van der Waals surface area contributed by atoms with Gasteiger partial charge in [0.1, 0.15) is 0 Å². The van der Waals surface area contributed by atoms with Crippen molar-refractivity contribution in [1.82, 2.24) is 14.8 Å². The summed E-state index contributed by atoms with van der Waals surface area (Å²) in [5.74, 6) is 0.252. The summed E-state index contributed by atoms with van der Waals surface area (Å²) in [6.45, 7) is 0.320. The number of aromatic nitrogens is 3. The Bertz CT molecular complexity index is 633. The highest BCUT2D eigenvalue weighted by Crippen LogP contribution is 2.12. The van der Waals surface area contributed by atoms with Crippen molar-refractivity contribution < 1.29 is 8.42 Å². The van der Waals surface area contributed by atoms with Crippen LogP contribution >= 0.6 is 0 Å². The Labute approximate surface area is 105 Å². The Morgan fingerprint density at radius 1 is 1.39 bits per heavy atom. The van der Waals surface area contributed by atoms with Gasteiger partial charge in [-0.1, -0.05) is 6.07 Å². The molecule has 18 heavy (non-hydrogen) atoms. The van der Waals surface area contributed by atoms with Crippen LogP contribution in [0.1, 0.15) is 5.56 Å². The van der Waals surface area contributed by atoms with Crippen molar-refractivity contribution >= 4 is 15.8 Å². The second-order valence-corrected chi connectivity index (χ2v) is 5.32. The molecule has 0 aliphatic carbocycles. The van der Waals surface area contributed by atoms with Gasteiger partial charge in [0, 0.05) is 32.1 Å². The van der Waals surface area contributed by atoms with Gasteiger partial charge in [0.15, 0.2) is 10.8 Å². The lowest BCUT2D eigenvalue weighted by molar-refractivity contribution is 0.597. The van der Waals surface area contributed by atoms with Crippen LogP contribution in [0.5, 0.6) is 0 Å². The smallest absolute Gasteiger partial charge is 0.280 e. The quantitative estimate of drug-likeness (QED) is 0.816. The van der Waals surface area contributed by atoms with Crippen LogP contribution in [0.3, 0.4) is 0 Å². The van der Waals surface area contributed by atoms with E-state index in [9.17, 15) is 8.42 Å². The molecule has 2 aromatic rings. The standard InChI is InChI=1S/C10H13N5O2S/c1-15-5-4-9(13-15)14-18(16,17)10-3-2-8(6-11)7-12-10/h2-5,7H,6,11H2,1H3,(H,13,14). The van der Waals surface area contributed by atoms with Gasteiger partial charge in [0.25, 0.3) is 10.0 Å². The average molecular weight is 267 g/mol. The van der Waals surface area contributed by atoms with Crippen LogP contribution in [0.15, 0.2) is 35.6 Å². The van der Waals surface area contributed by atoms with E-state index >= 15 is 0 Å². The summed E-state index contributed by atoms with van der Waals surface area (Å²) in [5.41, 5.74) is 6.19. The number of pyridine rings is 1. The lowest BCUT2D eigenvalue weighted by Gasteiger charge is -2.04. The summed E-state index contributed by atoms with van der Waals surface area (Å²) >= 11 is 0. The number of hydrogen-bond acceptors (Lipinski definition) is 5. The molecule has 2 heterocycles. The number of rotatable bonds is 4. The maximum Gasteiger partial charge on any atom is 0.280 e. The van der Waals surface area contributed by atoms with E-state index < -0.39 is 10.0 Å². The minimum absolute atomic E-state index is 0.0645. The summed E-state index contributed by atoms with van der Waals surface area (Å²) in [7, 11) is -2.00. The summed E-state index contributed by atoms with van der Waals surface area (Å²) in [6.07, 6.45) is 3.08. The Kier molecular flexibility index (Phi) is 3.30. The van der Waals surface area contributed by atoms with Crippen molar-refractivity contribution in [3.63, 3.8) is 0 Å². The van der Waals surface area contributed by atoms with E-state index in [1.54, 1.807) is 25.4 Å². The van der Waals surface area contributed by atoms with Crippen molar-refractivity contribution in [3.8, 4) is 0 Å². The van der Waals surface area contributed by atoms with Gasteiger partial charge in [-0.25, -0.2) is 4.98 Å². The summed E-state index contributed by atoms with van der Waals surface area (Å²) < 4.78 is 27.8. The van der Waals surface area contributed by atoms with Gasteiger partial charge in [0.05, 0.1) is 0 Å². The first-order valence-corrected chi connectivity index (χ1v) is 6.67. The van der Waals surface area contributed by atoms with Crippen molar-refractivity contribution in [2.24, 2.45) is 12.8 Å². The van der Waals surface area contributed by atoms with E-state index in [2.05, 4.69) is 14.8 Å². The van der Waals surface area contributed by atoms with E-state index in [4.69, 9.17) is 5.73 Å². The van der Waals surface area contributed by atoms with Gasteiger partial charge < -0.3 is 5.73 Å². The van der Waals surface area contributed by atoms with Crippen LogP contribution in [0.25, 0.3) is 0 Å². The largest absolute Gasteiger partial charge is 0.326 e. The van der Waals surface area contributed by atoms with Gasteiger partial charge in [-0.05, 0) is 11.6 Å². The van der Waals surface area contributed by atoms with Crippen LogP contribution in [0.2, 0.25) is 0 Å². The Morgan fingerprint density at radius 2 is 2.17 bits per heavy atom.